The predicted octanol–water partition coefficient (Wildman–Crippen LogP) is 2.31. The molecule has 27 heavy (non-hydrogen) atoms. The molecule has 0 aliphatic rings. The number of hydrogen-bond donors (Lipinski definition) is 1. The summed E-state index contributed by atoms with van der Waals surface area (Å²) in [7, 11) is 4.46. The summed E-state index contributed by atoms with van der Waals surface area (Å²) in [6.45, 7) is 0. The Balaban J connectivity index is 2.12. The zero-order chi connectivity index (χ0) is 19.8. The molecular formula is C18H19N3O6. The first-order valence-corrected chi connectivity index (χ1v) is 7.85. The molecule has 2 aromatic carbocycles. The summed E-state index contributed by atoms with van der Waals surface area (Å²) >= 11 is 0. The van der Waals surface area contributed by atoms with Crippen LogP contribution in [-0.2, 0) is 11.2 Å². The van der Waals surface area contributed by atoms with Crippen molar-refractivity contribution in [1.82, 2.24) is 5.43 Å². The van der Waals surface area contributed by atoms with E-state index in [1.54, 1.807) is 24.3 Å². The normalized spacial score (nSPS) is 10.5. The van der Waals surface area contributed by atoms with Gasteiger partial charge in [0, 0.05) is 17.2 Å². The Morgan fingerprint density at radius 1 is 1.11 bits per heavy atom. The Morgan fingerprint density at radius 3 is 2.44 bits per heavy atom. The first-order valence-electron chi connectivity index (χ1n) is 7.85. The van der Waals surface area contributed by atoms with Crippen LogP contribution >= 0.6 is 0 Å². The monoisotopic (exact) mass is 373 g/mol. The summed E-state index contributed by atoms with van der Waals surface area (Å²) < 4.78 is 15.8. The van der Waals surface area contributed by atoms with Crippen LogP contribution in [-0.4, -0.2) is 38.4 Å². The van der Waals surface area contributed by atoms with Crippen LogP contribution in [0.25, 0.3) is 0 Å². The van der Waals surface area contributed by atoms with Crippen LogP contribution in [0.2, 0.25) is 0 Å². The third-order valence-corrected chi connectivity index (χ3v) is 3.67. The summed E-state index contributed by atoms with van der Waals surface area (Å²) in [5.74, 6) is 0.802. The number of methoxy groups -OCH3 is 3. The van der Waals surface area contributed by atoms with E-state index in [1.807, 2.05) is 0 Å². The molecule has 1 amide bonds. The zero-order valence-corrected chi connectivity index (χ0v) is 15.1. The van der Waals surface area contributed by atoms with Crippen LogP contribution in [0.4, 0.5) is 5.69 Å². The third-order valence-electron chi connectivity index (χ3n) is 3.67. The van der Waals surface area contributed by atoms with Gasteiger partial charge in [0.05, 0.1) is 38.9 Å². The van der Waals surface area contributed by atoms with E-state index in [4.69, 9.17) is 14.2 Å². The van der Waals surface area contributed by atoms with E-state index in [9.17, 15) is 14.9 Å². The number of nitro benzene ring substituents is 1. The summed E-state index contributed by atoms with van der Waals surface area (Å²) in [6, 6.07) is 9.42. The van der Waals surface area contributed by atoms with Gasteiger partial charge in [-0.3, -0.25) is 14.9 Å². The fraction of sp³-hybridized carbons (Fsp3) is 0.222. The van der Waals surface area contributed by atoms with Gasteiger partial charge in [0.1, 0.15) is 0 Å². The van der Waals surface area contributed by atoms with Gasteiger partial charge in [-0.25, -0.2) is 5.43 Å². The van der Waals surface area contributed by atoms with Crippen molar-refractivity contribution in [3.63, 3.8) is 0 Å². The van der Waals surface area contributed by atoms with E-state index < -0.39 is 10.8 Å². The molecule has 1 N–H and O–H groups in total. The van der Waals surface area contributed by atoms with Crippen LogP contribution in [0.1, 0.15) is 11.1 Å². The lowest BCUT2D eigenvalue weighted by atomic mass is 10.1. The van der Waals surface area contributed by atoms with Crippen molar-refractivity contribution >= 4 is 17.8 Å². The van der Waals surface area contributed by atoms with Crippen molar-refractivity contribution < 1.29 is 23.9 Å². The number of rotatable bonds is 8. The van der Waals surface area contributed by atoms with Gasteiger partial charge >= 0.3 is 0 Å². The molecule has 9 nitrogen and oxygen atoms in total. The smallest absolute Gasteiger partial charge is 0.273 e. The van der Waals surface area contributed by atoms with E-state index in [0.717, 1.165) is 0 Å². The van der Waals surface area contributed by atoms with Gasteiger partial charge in [-0.05, 0) is 12.1 Å². The summed E-state index contributed by atoms with van der Waals surface area (Å²) in [4.78, 5) is 22.5. The van der Waals surface area contributed by atoms with E-state index in [0.29, 0.717) is 28.4 Å². The lowest BCUT2D eigenvalue weighted by molar-refractivity contribution is -0.385. The highest BCUT2D eigenvalue weighted by Gasteiger charge is 2.16. The zero-order valence-electron chi connectivity index (χ0n) is 15.1. The number of ether oxygens (including phenoxy) is 3. The van der Waals surface area contributed by atoms with Crippen LogP contribution in [0.15, 0.2) is 41.5 Å². The Hall–Kier alpha value is -3.62. The fourth-order valence-corrected chi connectivity index (χ4v) is 2.45. The molecule has 0 heterocycles. The molecule has 0 aromatic heterocycles. The number of benzene rings is 2. The maximum atomic E-state index is 12.0. The van der Waals surface area contributed by atoms with Crippen molar-refractivity contribution in [1.29, 1.82) is 0 Å². The lowest BCUT2D eigenvalue weighted by Crippen LogP contribution is -2.20. The second kappa shape index (κ2) is 9.18. The van der Waals surface area contributed by atoms with Gasteiger partial charge in [0.15, 0.2) is 11.5 Å². The number of carbonyl (C=O) groups is 1. The molecule has 142 valence electrons. The second-order valence-electron chi connectivity index (χ2n) is 5.28. The second-order valence-corrected chi connectivity index (χ2v) is 5.28. The van der Waals surface area contributed by atoms with E-state index >= 15 is 0 Å². The highest BCUT2D eigenvalue weighted by atomic mass is 16.6. The van der Waals surface area contributed by atoms with Crippen LogP contribution in [0.3, 0.4) is 0 Å². The van der Waals surface area contributed by atoms with Crippen molar-refractivity contribution in [3.8, 4) is 17.2 Å². The molecule has 0 bridgehead atoms. The number of amides is 1. The highest BCUT2D eigenvalue weighted by molar-refractivity contribution is 5.87. The summed E-state index contributed by atoms with van der Waals surface area (Å²) in [6.07, 6.45) is 1.22. The van der Waals surface area contributed by atoms with Crippen LogP contribution in [0.5, 0.6) is 17.2 Å². The minimum Gasteiger partial charge on any atom is -0.493 e. The summed E-state index contributed by atoms with van der Waals surface area (Å²) in [5, 5.41) is 14.9. The number of hydrogen-bond acceptors (Lipinski definition) is 7. The van der Waals surface area contributed by atoms with Gasteiger partial charge in [-0.15, -0.1) is 0 Å². The van der Waals surface area contributed by atoms with Crippen molar-refractivity contribution in [2.75, 3.05) is 21.3 Å². The van der Waals surface area contributed by atoms with Crippen molar-refractivity contribution in [2.24, 2.45) is 5.10 Å². The molecule has 0 saturated heterocycles. The molecule has 9 heteroatoms. The maximum Gasteiger partial charge on any atom is 0.273 e. The SMILES string of the molecule is COc1ccc(C=NNC(=O)Cc2ccccc2[N+](=O)[O-])c(OC)c1OC. The largest absolute Gasteiger partial charge is 0.493 e. The maximum absolute atomic E-state index is 12.0. The Bertz CT molecular complexity index is 866. The molecule has 0 fully saturated rings. The number of nitrogens with zero attached hydrogens (tertiary/aromatic N) is 2. The minimum absolute atomic E-state index is 0.113. The Morgan fingerprint density at radius 2 is 1.81 bits per heavy atom. The molecule has 0 aliphatic carbocycles. The van der Waals surface area contributed by atoms with Crippen molar-refractivity contribution in [3.05, 3.63) is 57.6 Å². The van der Waals surface area contributed by atoms with Gasteiger partial charge < -0.3 is 14.2 Å². The van der Waals surface area contributed by atoms with Crippen LogP contribution in [0, 0.1) is 10.1 Å². The van der Waals surface area contributed by atoms with Crippen molar-refractivity contribution in [2.45, 2.75) is 6.42 Å². The molecule has 2 aromatic rings. The van der Waals surface area contributed by atoms with E-state index in [-0.39, 0.29) is 12.1 Å². The molecule has 0 saturated carbocycles. The molecule has 0 radical (unpaired) electrons. The minimum atomic E-state index is -0.527. The molecule has 0 aliphatic heterocycles. The fourth-order valence-electron chi connectivity index (χ4n) is 2.45. The quantitative estimate of drug-likeness (QED) is 0.432. The molecule has 0 unspecified atom stereocenters. The average Bonchev–Trinajstić information content (AvgIpc) is 2.67. The number of carbonyl (C=O) groups excluding carboxylic acids is 1. The standard InChI is InChI=1S/C18H19N3O6/c1-25-15-9-8-13(17(26-2)18(15)27-3)11-19-20-16(22)10-12-6-4-5-7-14(12)21(23)24/h4-9,11H,10H2,1-3H3,(H,20,22). The number of hydrazone groups is 1. The van der Waals surface area contributed by atoms with Crippen LogP contribution < -0.4 is 19.6 Å². The van der Waals surface area contributed by atoms with E-state index in [1.165, 1.54) is 39.7 Å². The van der Waals surface area contributed by atoms with E-state index in [2.05, 4.69) is 10.5 Å². The van der Waals surface area contributed by atoms with Gasteiger partial charge in [0.25, 0.3) is 5.69 Å². The number of nitro groups is 1. The first kappa shape index (κ1) is 19.7. The molecule has 0 atom stereocenters. The third kappa shape index (κ3) is 4.72. The lowest BCUT2D eigenvalue weighted by Gasteiger charge is -2.13. The molecule has 2 rings (SSSR count). The summed E-state index contributed by atoms with van der Waals surface area (Å²) in [5.41, 5.74) is 3.09. The predicted molar refractivity (Wildman–Crippen MR) is 98.6 cm³/mol. The van der Waals surface area contributed by atoms with Gasteiger partial charge in [0.2, 0.25) is 11.7 Å². The molecular weight excluding hydrogens is 354 g/mol. The van der Waals surface area contributed by atoms with Gasteiger partial charge in [-0.1, -0.05) is 18.2 Å². The topological polar surface area (TPSA) is 112 Å². The Kier molecular flexibility index (Phi) is 6.70. The number of nitrogens with one attached hydrogen (secondary N) is 1. The first-order chi connectivity index (χ1) is 13.0. The van der Waals surface area contributed by atoms with Gasteiger partial charge in [-0.2, -0.15) is 5.10 Å². The average molecular weight is 373 g/mol. The molecule has 0 spiro atoms. The highest BCUT2D eigenvalue weighted by Crippen LogP contribution is 2.38. The Labute approximate surface area is 155 Å². The number of para-hydroxylation sites is 1.